The minimum absolute atomic E-state index is 0.175. The standard InChI is InChI=1S/C12H16N4OS2/c1-2-4-14-12-16-10(13)9(19-12)11(17)15-6-8-3-5-18-7-8/h3,5,7H,2,4,6,13H2,1H3,(H,14,16)(H,15,17). The van der Waals surface area contributed by atoms with Crippen LogP contribution < -0.4 is 16.4 Å². The van der Waals surface area contributed by atoms with Crippen LogP contribution in [0.4, 0.5) is 10.9 Å². The van der Waals surface area contributed by atoms with Crippen molar-refractivity contribution in [3.8, 4) is 0 Å². The molecule has 0 radical (unpaired) electrons. The lowest BCUT2D eigenvalue weighted by Gasteiger charge is -2.01. The summed E-state index contributed by atoms with van der Waals surface area (Å²) >= 11 is 2.90. The predicted molar refractivity (Wildman–Crippen MR) is 80.8 cm³/mol. The minimum atomic E-state index is -0.175. The van der Waals surface area contributed by atoms with Crippen LogP contribution in [0, 0.1) is 0 Å². The van der Waals surface area contributed by atoms with E-state index in [4.69, 9.17) is 5.73 Å². The second-order valence-electron chi connectivity index (χ2n) is 3.97. The highest BCUT2D eigenvalue weighted by molar-refractivity contribution is 7.18. The Morgan fingerprint density at radius 3 is 3.05 bits per heavy atom. The molecule has 2 aromatic heterocycles. The van der Waals surface area contributed by atoms with Gasteiger partial charge in [-0.1, -0.05) is 18.3 Å². The lowest BCUT2D eigenvalue weighted by Crippen LogP contribution is -2.22. The first kappa shape index (κ1) is 13.8. The summed E-state index contributed by atoms with van der Waals surface area (Å²) in [5.41, 5.74) is 6.85. The number of thiophene rings is 1. The summed E-state index contributed by atoms with van der Waals surface area (Å²) in [6, 6.07) is 1.98. The molecule has 0 aliphatic carbocycles. The molecule has 4 N–H and O–H groups in total. The maximum absolute atomic E-state index is 12.0. The van der Waals surface area contributed by atoms with Gasteiger partial charge in [-0.15, -0.1) is 0 Å². The Kier molecular flexibility index (Phi) is 4.75. The lowest BCUT2D eigenvalue weighted by molar-refractivity contribution is 0.0955. The zero-order valence-corrected chi connectivity index (χ0v) is 12.2. The highest BCUT2D eigenvalue weighted by Crippen LogP contribution is 2.24. The maximum Gasteiger partial charge on any atom is 0.265 e. The van der Waals surface area contributed by atoms with Crippen molar-refractivity contribution in [1.29, 1.82) is 0 Å². The van der Waals surface area contributed by atoms with Crippen LogP contribution in [0.1, 0.15) is 28.6 Å². The second-order valence-corrected chi connectivity index (χ2v) is 5.75. The highest BCUT2D eigenvalue weighted by Gasteiger charge is 2.15. The molecule has 0 saturated heterocycles. The number of rotatable bonds is 6. The number of nitrogens with one attached hydrogen (secondary N) is 2. The number of hydrogen-bond donors (Lipinski definition) is 3. The zero-order chi connectivity index (χ0) is 13.7. The van der Waals surface area contributed by atoms with Gasteiger partial charge in [-0.05, 0) is 28.8 Å². The number of carbonyl (C=O) groups is 1. The Balaban J connectivity index is 1.96. The van der Waals surface area contributed by atoms with E-state index in [9.17, 15) is 4.79 Å². The molecule has 0 fully saturated rings. The van der Waals surface area contributed by atoms with Crippen molar-refractivity contribution in [2.24, 2.45) is 0 Å². The fraction of sp³-hybridized carbons (Fsp3) is 0.333. The van der Waals surface area contributed by atoms with Gasteiger partial charge >= 0.3 is 0 Å². The monoisotopic (exact) mass is 296 g/mol. The summed E-state index contributed by atoms with van der Waals surface area (Å²) in [5.74, 6) is 0.108. The van der Waals surface area contributed by atoms with Gasteiger partial charge in [0.25, 0.3) is 5.91 Å². The van der Waals surface area contributed by atoms with Crippen LogP contribution in [0.15, 0.2) is 16.8 Å². The van der Waals surface area contributed by atoms with Crippen molar-refractivity contribution in [3.05, 3.63) is 27.3 Å². The van der Waals surface area contributed by atoms with Crippen molar-refractivity contribution in [1.82, 2.24) is 10.3 Å². The number of carbonyl (C=O) groups excluding carboxylic acids is 1. The van der Waals surface area contributed by atoms with Crippen LogP contribution >= 0.6 is 22.7 Å². The first-order valence-corrected chi connectivity index (χ1v) is 7.76. The van der Waals surface area contributed by atoms with E-state index in [1.54, 1.807) is 11.3 Å². The number of thiazole rings is 1. The van der Waals surface area contributed by atoms with E-state index in [-0.39, 0.29) is 11.7 Å². The molecule has 0 aliphatic heterocycles. The van der Waals surface area contributed by atoms with Crippen molar-refractivity contribution in [2.75, 3.05) is 17.6 Å². The van der Waals surface area contributed by atoms with Crippen molar-refractivity contribution >= 4 is 39.5 Å². The lowest BCUT2D eigenvalue weighted by atomic mass is 10.3. The summed E-state index contributed by atoms with van der Waals surface area (Å²) in [6.45, 7) is 3.40. The van der Waals surface area contributed by atoms with Crippen LogP contribution in [0.2, 0.25) is 0 Å². The molecule has 2 rings (SSSR count). The molecule has 0 aliphatic rings. The molecule has 0 unspecified atom stereocenters. The molecule has 0 bridgehead atoms. The molecule has 102 valence electrons. The number of nitrogen functional groups attached to an aromatic ring is 1. The van der Waals surface area contributed by atoms with E-state index in [2.05, 4.69) is 22.5 Å². The molecule has 1 amide bonds. The van der Waals surface area contributed by atoms with Gasteiger partial charge in [0, 0.05) is 13.1 Å². The average Bonchev–Trinajstić information content (AvgIpc) is 3.03. The molecule has 19 heavy (non-hydrogen) atoms. The molecule has 0 atom stereocenters. The second kappa shape index (κ2) is 6.53. The van der Waals surface area contributed by atoms with Gasteiger partial charge in [-0.2, -0.15) is 11.3 Å². The Morgan fingerprint density at radius 2 is 2.37 bits per heavy atom. The third-order valence-electron chi connectivity index (χ3n) is 2.42. The van der Waals surface area contributed by atoms with Gasteiger partial charge in [0.2, 0.25) is 0 Å². The molecule has 0 saturated carbocycles. The first-order valence-electron chi connectivity index (χ1n) is 6.00. The number of anilines is 2. The average molecular weight is 296 g/mol. The van der Waals surface area contributed by atoms with Crippen LogP contribution in [0.3, 0.4) is 0 Å². The Hall–Kier alpha value is -1.60. The normalized spacial score (nSPS) is 10.4. The molecule has 0 aromatic carbocycles. The van der Waals surface area contributed by atoms with E-state index >= 15 is 0 Å². The number of nitrogens with two attached hydrogens (primary N) is 1. The summed E-state index contributed by atoms with van der Waals surface area (Å²) in [7, 11) is 0. The summed E-state index contributed by atoms with van der Waals surface area (Å²) < 4.78 is 0. The van der Waals surface area contributed by atoms with Gasteiger partial charge in [-0.3, -0.25) is 4.79 Å². The van der Waals surface area contributed by atoms with Gasteiger partial charge < -0.3 is 16.4 Å². The van der Waals surface area contributed by atoms with Crippen molar-refractivity contribution < 1.29 is 4.79 Å². The predicted octanol–water partition coefficient (Wildman–Crippen LogP) is 2.54. The zero-order valence-electron chi connectivity index (χ0n) is 10.6. The third-order valence-corrected chi connectivity index (χ3v) is 4.18. The first-order chi connectivity index (χ1) is 9.20. The van der Waals surface area contributed by atoms with Crippen molar-refractivity contribution in [3.63, 3.8) is 0 Å². The number of aromatic nitrogens is 1. The fourth-order valence-electron chi connectivity index (χ4n) is 1.46. The highest BCUT2D eigenvalue weighted by atomic mass is 32.1. The molecule has 7 heteroatoms. The Morgan fingerprint density at radius 1 is 1.53 bits per heavy atom. The van der Waals surface area contributed by atoms with Crippen LogP contribution in [0.25, 0.3) is 0 Å². The fourth-order valence-corrected chi connectivity index (χ4v) is 2.95. The third kappa shape index (κ3) is 3.68. The molecule has 2 aromatic rings. The van der Waals surface area contributed by atoms with E-state index in [0.717, 1.165) is 18.5 Å². The SMILES string of the molecule is CCCNc1nc(N)c(C(=O)NCc2ccsc2)s1. The van der Waals surface area contributed by atoms with E-state index in [0.29, 0.717) is 16.6 Å². The van der Waals surface area contributed by atoms with Gasteiger partial charge in [0.15, 0.2) is 5.13 Å². The van der Waals surface area contributed by atoms with Crippen molar-refractivity contribution in [2.45, 2.75) is 19.9 Å². The number of amides is 1. The summed E-state index contributed by atoms with van der Waals surface area (Å²) in [4.78, 5) is 16.6. The Bertz CT molecular complexity index is 536. The largest absolute Gasteiger partial charge is 0.382 e. The molecule has 5 nitrogen and oxygen atoms in total. The summed E-state index contributed by atoms with van der Waals surface area (Å²) in [6.07, 6.45) is 0.999. The smallest absolute Gasteiger partial charge is 0.265 e. The topological polar surface area (TPSA) is 80.0 Å². The van der Waals surface area contributed by atoms with Gasteiger partial charge in [0.1, 0.15) is 10.7 Å². The minimum Gasteiger partial charge on any atom is -0.382 e. The van der Waals surface area contributed by atoms with Crippen LogP contribution in [-0.2, 0) is 6.54 Å². The molecule has 2 heterocycles. The summed E-state index contributed by atoms with van der Waals surface area (Å²) in [5, 5.41) is 10.7. The Labute approximate surface area is 119 Å². The van der Waals surface area contributed by atoms with Gasteiger partial charge in [0.05, 0.1) is 0 Å². The van der Waals surface area contributed by atoms with Crippen LogP contribution in [0.5, 0.6) is 0 Å². The quantitative estimate of drug-likeness (QED) is 0.765. The van der Waals surface area contributed by atoms with E-state index in [1.807, 2.05) is 16.8 Å². The molecular formula is C12H16N4OS2. The maximum atomic E-state index is 12.0. The van der Waals surface area contributed by atoms with E-state index in [1.165, 1.54) is 11.3 Å². The number of hydrogen-bond acceptors (Lipinski definition) is 6. The van der Waals surface area contributed by atoms with Crippen LogP contribution in [-0.4, -0.2) is 17.4 Å². The van der Waals surface area contributed by atoms with E-state index < -0.39 is 0 Å². The molecule has 0 spiro atoms. The van der Waals surface area contributed by atoms with Gasteiger partial charge in [-0.25, -0.2) is 4.98 Å². The number of nitrogens with zero attached hydrogens (tertiary/aromatic N) is 1. The molecular weight excluding hydrogens is 280 g/mol.